The number of benzene rings is 2. The van der Waals surface area contributed by atoms with Crippen molar-refractivity contribution in [2.75, 3.05) is 17.3 Å². The smallest absolute Gasteiger partial charge is 0.256 e. The molecule has 0 bridgehead atoms. The van der Waals surface area contributed by atoms with Crippen molar-refractivity contribution in [2.24, 2.45) is 0 Å². The number of nitrogens with zero attached hydrogens (tertiary/aromatic N) is 1. The molecule has 1 heterocycles. The summed E-state index contributed by atoms with van der Waals surface area (Å²) in [6.45, 7) is 1.96. The minimum atomic E-state index is -0.562. The van der Waals surface area contributed by atoms with Gasteiger partial charge in [-0.3, -0.25) is 9.59 Å². The highest BCUT2D eigenvalue weighted by Crippen LogP contribution is 2.32. The highest BCUT2D eigenvalue weighted by molar-refractivity contribution is 6.23. The van der Waals surface area contributed by atoms with Crippen LogP contribution >= 0.6 is 0 Å². The molecule has 1 saturated heterocycles. The lowest BCUT2D eigenvalue weighted by atomic mass is 10.1. The first-order chi connectivity index (χ1) is 11.1. The Morgan fingerprint density at radius 3 is 2.52 bits per heavy atom. The molecule has 1 aliphatic rings. The molecule has 0 spiro atoms. The average molecular weight is 310 g/mol. The third kappa shape index (κ3) is 2.77. The summed E-state index contributed by atoms with van der Waals surface area (Å²) >= 11 is 0. The number of anilines is 2. The van der Waals surface area contributed by atoms with Crippen molar-refractivity contribution in [3.63, 3.8) is 0 Å². The molecule has 5 heteroatoms. The number of hydrogen-bond donors (Lipinski definition) is 1. The maximum absolute atomic E-state index is 12.7. The Morgan fingerprint density at radius 1 is 1.09 bits per heavy atom. The number of aryl methyl sites for hydroxylation is 1. The van der Waals surface area contributed by atoms with E-state index in [9.17, 15) is 9.59 Å². The van der Waals surface area contributed by atoms with Crippen LogP contribution in [0.4, 0.5) is 11.4 Å². The van der Waals surface area contributed by atoms with Crippen LogP contribution in [0, 0.1) is 6.92 Å². The van der Waals surface area contributed by atoms with Crippen LogP contribution in [0.3, 0.4) is 0 Å². The summed E-state index contributed by atoms with van der Waals surface area (Å²) in [5, 5.41) is 3.17. The van der Waals surface area contributed by atoms with E-state index in [4.69, 9.17) is 4.74 Å². The van der Waals surface area contributed by atoms with Gasteiger partial charge in [0.15, 0.2) is 0 Å². The van der Waals surface area contributed by atoms with Gasteiger partial charge in [0.05, 0.1) is 19.2 Å². The number of rotatable bonds is 4. The Kier molecular flexibility index (Phi) is 4.02. The van der Waals surface area contributed by atoms with Gasteiger partial charge in [-0.05, 0) is 30.7 Å². The molecule has 1 N–H and O–H groups in total. The fourth-order valence-electron chi connectivity index (χ4n) is 2.73. The molecule has 2 aromatic carbocycles. The molecular formula is C18H18N2O3. The Morgan fingerprint density at radius 2 is 1.78 bits per heavy atom. The lowest BCUT2D eigenvalue weighted by Crippen LogP contribution is -2.35. The third-order valence-corrected chi connectivity index (χ3v) is 3.95. The van der Waals surface area contributed by atoms with Crippen LogP contribution in [0.1, 0.15) is 12.0 Å². The Bertz CT molecular complexity index is 757. The molecule has 118 valence electrons. The molecule has 1 atom stereocenters. The maximum atomic E-state index is 12.7. The second kappa shape index (κ2) is 6.12. The molecule has 0 aromatic heterocycles. The monoisotopic (exact) mass is 310 g/mol. The van der Waals surface area contributed by atoms with Gasteiger partial charge in [0, 0.05) is 5.69 Å². The zero-order chi connectivity index (χ0) is 16.4. The Hall–Kier alpha value is -2.82. The summed E-state index contributed by atoms with van der Waals surface area (Å²) < 4.78 is 5.26. The number of amides is 2. The highest BCUT2D eigenvalue weighted by atomic mass is 16.5. The first kappa shape index (κ1) is 15.1. The van der Waals surface area contributed by atoms with Crippen LogP contribution in [0.15, 0.2) is 48.5 Å². The molecule has 0 saturated carbocycles. The fraction of sp³-hybridized carbons (Fsp3) is 0.222. The molecule has 1 fully saturated rings. The van der Waals surface area contributed by atoms with Crippen molar-refractivity contribution >= 4 is 23.2 Å². The van der Waals surface area contributed by atoms with Crippen LogP contribution in [0.25, 0.3) is 0 Å². The van der Waals surface area contributed by atoms with Gasteiger partial charge in [-0.2, -0.15) is 0 Å². The van der Waals surface area contributed by atoms with E-state index in [1.165, 1.54) is 12.0 Å². The van der Waals surface area contributed by atoms with Gasteiger partial charge < -0.3 is 10.1 Å². The highest BCUT2D eigenvalue weighted by Gasteiger charge is 2.40. The molecule has 0 unspecified atom stereocenters. The zero-order valence-electron chi connectivity index (χ0n) is 13.1. The minimum Gasteiger partial charge on any atom is -0.495 e. The van der Waals surface area contributed by atoms with Gasteiger partial charge in [0.2, 0.25) is 5.91 Å². The van der Waals surface area contributed by atoms with Crippen molar-refractivity contribution in [1.29, 1.82) is 0 Å². The summed E-state index contributed by atoms with van der Waals surface area (Å²) in [6.07, 6.45) is 0.130. The standard InChI is InChI=1S/C18H18N2O3/c1-12-7-3-4-8-13(12)19-14-11-17(21)20(18(14)22)15-9-5-6-10-16(15)23-2/h3-10,14,19H,11H2,1-2H3/t14-/m1/s1. The minimum absolute atomic E-state index is 0.130. The number of hydrogen-bond acceptors (Lipinski definition) is 4. The molecule has 3 rings (SSSR count). The molecule has 2 amide bonds. The van der Waals surface area contributed by atoms with E-state index < -0.39 is 6.04 Å². The zero-order valence-corrected chi connectivity index (χ0v) is 13.1. The third-order valence-electron chi connectivity index (χ3n) is 3.95. The van der Waals surface area contributed by atoms with Crippen LogP contribution in [-0.2, 0) is 9.59 Å². The largest absolute Gasteiger partial charge is 0.495 e. The maximum Gasteiger partial charge on any atom is 0.256 e. The van der Waals surface area contributed by atoms with Crippen molar-refractivity contribution in [3.05, 3.63) is 54.1 Å². The molecule has 23 heavy (non-hydrogen) atoms. The molecule has 5 nitrogen and oxygen atoms in total. The number of imide groups is 1. The van der Waals surface area contributed by atoms with Crippen molar-refractivity contribution in [3.8, 4) is 5.75 Å². The molecular weight excluding hydrogens is 292 g/mol. The summed E-state index contributed by atoms with van der Waals surface area (Å²) in [5.41, 5.74) is 2.38. The topological polar surface area (TPSA) is 58.6 Å². The molecule has 0 aliphatic carbocycles. The number of nitrogens with one attached hydrogen (secondary N) is 1. The second-order valence-electron chi connectivity index (χ2n) is 5.46. The molecule has 2 aromatic rings. The Balaban J connectivity index is 1.87. The predicted octanol–water partition coefficient (Wildman–Crippen LogP) is 2.75. The number of methoxy groups -OCH3 is 1. The van der Waals surface area contributed by atoms with Crippen LogP contribution < -0.4 is 15.0 Å². The van der Waals surface area contributed by atoms with Gasteiger partial charge >= 0.3 is 0 Å². The van der Waals surface area contributed by atoms with Crippen LogP contribution in [-0.4, -0.2) is 25.0 Å². The van der Waals surface area contributed by atoms with Gasteiger partial charge in [0.1, 0.15) is 11.8 Å². The second-order valence-corrected chi connectivity index (χ2v) is 5.46. The summed E-state index contributed by atoms with van der Waals surface area (Å²) in [7, 11) is 1.52. The number of ether oxygens (including phenoxy) is 1. The lowest BCUT2D eigenvalue weighted by Gasteiger charge is -2.18. The van der Waals surface area contributed by atoms with E-state index in [0.29, 0.717) is 11.4 Å². The van der Waals surface area contributed by atoms with Crippen LogP contribution in [0.2, 0.25) is 0 Å². The lowest BCUT2D eigenvalue weighted by molar-refractivity contribution is -0.121. The van der Waals surface area contributed by atoms with Crippen molar-refractivity contribution in [2.45, 2.75) is 19.4 Å². The number of carbonyl (C=O) groups is 2. The normalized spacial score (nSPS) is 17.5. The van der Waals surface area contributed by atoms with Gasteiger partial charge in [-0.1, -0.05) is 30.3 Å². The van der Waals surface area contributed by atoms with E-state index in [1.807, 2.05) is 31.2 Å². The SMILES string of the molecule is COc1ccccc1N1C(=O)C[C@@H](Nc2ccccc2C)C1=O. The molecule has 0 radical (unpaired) electrons. The van der Waals surface area contributed by atoms with E-state index in [1.54, 1.807) is 24.3 Å². The van der Waals surface area contributed by atoms with E-state index >= 15 is 0 Å². The summed E-state index contributed by atoms with van der Waals surface area (Å²) in [6, 6.07) is 14.2. The van der Waals surface area contributed by atoms with E-state index in [0.717, 1.165) is 11.3 Å². The quantitative estimate of drug-likeness (QED) is 0.882. The fourth-order valence-corrected chi connectivity index (χ4v) is 2.73. The number of para-hydroxylation sites is 3. The van der Waals surface area contributed by atoms with Gasteiger partial charge in [0.25, 0.3) is 5.91 Å². The summed E-state index contributed by atoms with van der Waals surface area (Å²) in [5.74, 6) is 0.0130. The first-order valence-electron chi connectivity index (χ1n) is 7.44. The summed E-state index contributed by atoms with van der Waals surface area (Å²) in [4.78, 5) is 26.2. The van der Waals surface area contributed by atoms with E-state index in [-0.39, 0.29) is 18.2 Å². The van der Waals surface area contributed by atoms with Gasteiger partial charge in [-0.15, -0.1) is 0 Å². The van der Waals surface area contributed by atoms with E-state index in [2.05, 4.69) is 5.32 Å². The molecule has 1 aliphatic heterocycles. The number of carbonyl (C=O) groups excluding carboxylic acids is 2. The van der Waals surface area contributed by atoms with Crippen molar-refractivity contribution < 1.29 is 14.3 Å². The first-order valence-corrected chi connectivity index (χ1v) is 7.44. The average Bonchev–Trinajstić information content (AvgIpc) is 2.83. The predicted molar refractivity (Wildman–Crippen MR) is 88.7 cm³/mol. The van der Waals surface area contributed by atoms with Crippen LogP contribution in [0.5, 0.6) is 5.75 Å². The van der Waals surface area contributed by atoms with Crippen molar-refractivity contribution in [1.82, 2.24) is 0 Å². The Labute approximate surface area is 134 Å². The van der Waals surface area contributed by atoms with Gasteiger partial charge in [-0.25, -0.2) is 4.90 Å².